The summed E-state index contributed by atoms with van der Waals surface area (Å²) >= 11 is 11.9. The number of aryl methyl sites for hydroxylation is 2. The van der Waals surface area contributed by atoms with Gasteiger partial charge in [-0.05, 0) is 38.1 Å². The fraction of sp³-hybridized carbons (Fsp3) is 0.333. The van der Waals surface area contributed by atoms with E-state index in [0.717, 1.165) is 11.4 Å². The molecule has 0 bridgehead atoms. The Morgan fingerprint density at radius 3 is 2.52 bits per heavy atom. The summed E-state index contributed by atoms with van der Waals surface area (Å²) in [6, 6.07) is 9.00. The zero-order chi connectivity index (χ0) is 15.4. The SMILES string of the molecule is Cc1ccc(C)n1NCC(O)COc1cc(Cl)ccc1Cl. The summed E-state index contributed by atoms with van der Waals surface area (Å²) in [6.45, 7) is 4.49. The first-order valence-electron chi connectivity index (χ1n) is 6.62. The van der Waals surface area contributed by atoms with Crippen molar-refractivity contribution in [2.24, 2.45) is 0 Å². The molecule has 1 unspecified atom stereocenters. The first-order valence-corrected chi connectivity index (χ1v) is 7.37. The predicted molar refractivity (Wildman–Crippen MR) is 86.1 cm³/mol. The molecule has 1 aromatic heterocycles. The van der Waals surface area contributed by atoms with Gasteiger partial charge in [-0.1, -0.05) is 23.2 Å². The third-order valence-electron chi connectivity index (χ3n) is 3.08. The molecule has 2 rings (SSSR count). The van der Waals surface area contributed by atoms with Crippen molar-refractivity contribution in [3.05, 3.63) is 51.8 Å². The molecule has 1 heterocycles. The lowest BCUT2D eigenvalue weighted by atomic mass is 10.3. The molecule has 6 heteroatoms. The monoisotopic (exact) mass is 328 g/mol. The lowest BCUT2D eigenvalue weighted by Gasteiger charge is -2.17. The highest BCUT2D eigenvalue weighted by Crippen LogP contribution is 2.27. The minimum Gasteiger partial charge on any atom is -0.489 e. The maximum Gasteiger partial charge on any atom is 0.139 e. The largest absolute Gasteiger partial charge is 0.489 e. The molecule has 0 radical (unpaired) electrons. The fourth-order valence-electron chi connectivity index (χ4n) is 1.95. The van der Waals surface area contributed by atoms with E-state index in [1.54, 1.807) is 18.2 Å². The number of nitrogens with one attached hydrogen (secondary N) is 1. The summed E-state index contributed by atoms with van der Waals surface area (Å²) in [7, 11) is 0. The van der Waals surface area contributed by atoms with Crippen molar-refractivity contribution >= 4 is 23.2 Å². The molecule has 2 aromatic rings. The van der Waals surface area contributed by atoms with Crippen molar-refractivity contribution in [2.45, 2.75) is 20.0 Å². The van der Waals surface area contributed by atoms with Gasteiger partial charge in [0.2, 0.25) is 0 Å². The van der Waals surface area contributed by atoms with E-state index < -0.39 is 6.10 Å². The number of hydrogen-bond acceptors (Lipinski definition) is 3. The van der Waals surface area contributed by atoms with Gasteiger partial charge in [-0.15, -0.1) is 0 Å². The average Bonchev–Trinajstić information content (AvgIpc) is 2.77. The van der Waals surface area contributed by atoms with Crippen molar-refractivity contribution in [2.75, 3.05) is 18.6 Å². The highest BCUT2D eigenvalue weighted by molar-refractivity contribution is 6.34. The standard InChI is InChI=1S/C15H18Cl2N2O2/c1-10-3-4-11(2)19(10)18-8-13(20)9-21-15-7-12(16)5-6-14(15)17/h3-7,13,18,20H,8-9H2,1-2H3. The van der Waals surface area contributed by atoms with Crippen LogP contribution in [0.2, 0.25) is 10.0 Å². The van der Waals surface area contributed by atoms with Gasteiger partial charge in [0.1, 0.15) is 18.5 Å². The molecule has 0 fully saturated rings. The van der Waals surface area contributed by atoms with Gasteiger partial charge < -0.3 is 15.3 Å². The second kappa shape index (κ2) is 7.07. The molecule has 0 aliphatic heterocycles. The summed E-state index contributed by atoms with van der Waals surface area (Å²) in [5.41, 5.74) is 5.31. The third-order valence-corrected chi connectivity index (χ3v) is 3.63. The second-order valence-electron chi connectivity index (χ2n) is 4.85. The van der Waals surface area contributed by atoms with Gasteiger partial charge in [-0.2, -0.15) is 0 Å². The second-order valence-corrected chi connectivity index (χ2v) is 5.70. The number of halogens is 2. The Labute approximate surface area is 134 Å². The molecule has 0 saturated carbocycles. The molecule has 0 amide bonds. The number of nitrogens with zero attached hydrogens (tertiary/aromatic N) is 1. The third kappa shape index (κ3) is 4.30. The number of aromatic nitrogens is 1. The van der Waals surface area contributed by atoms with E-state index >= 15 is 0 Å². The van der Waals surface area contributed by atoms with Crippen LogP contribution in [0.5, 0.6) is 5.75 Å². The smallest absolute Gasteiger partial charge is 0.139 e. The zero-order valence-electron chi connectivity index (χ0n) is 11.9. The molecule has 114 valence electrons. The molecule has 0 saturated heterocycles. The number of benzene rings is 1. The maximum atomic E-state index is 9.97. The molecule has 0 spiro atoms. The minimum absolute atomic E-state index is 0.131. The summed E-state index contributed by atoms with van der Waals surface area (Å²) in [4.78, 5) is 0. The Balaban J connectivity index is 1.85. The molecular formula is C15H18Cl2N2O2. The Kier molecular flexibility index (Phi) is 5.39. The van der Waals surface area contributed by atoms with Crippen LogP contribution >= 0.6 is 23.2 Å². The van der Waals surface area contributed by atoms with E-state index in [1.807, 2.05) is 30.7 Å². The predicted octanol–water partition coefficient (Wildman–Crippen LogP) is 3.40. The number of hydrogen-bond donors (Lipinski definition) is 2. The Morgan fingerprint density at radius 2 is 1.86 bits per heavy atom. The number of ether oxygens (including phenoxy) is 1. The van der Waals surface area contributed by atoms with E-state index in [4.69, 9.17) is 27.9 Å². The van der Waals surface area contributed by atoms with Crippen molar-refractivity contribution in [1.82, 2.24) is 4.68 Å². The van der Waals surface area contributed by atoms with Crippen molar-refractivity contribution in [3.8, 4) is 5.75 Å². The average molecular weight is 329 g/mol. The van der Waals surface area contributed by atoms with Gasteiger partial charge in [-0.3, -0.25) is 4.68 Å². The highest BCUT2D eigenvalue weighted by Gasteiger charge is 2.09. The van der Waals surface area contributed by atoms with Gasteiger partial charge in [0, 0.05) is 22.5 Å². The van der Waals surface area contributed by atoms with Crippen LogP contribution in [0, 0.1) is 13.8 Å². The topological polar surface area (TPSA) is 46.4 Å². The quantitative estimate of drug-likeness (QED) is 0.854. The minimum atomic E-state index is -0.666. The Bertz CT molecular complexity index is 594. The number of aliphatic hydroxyl groups is 1. The van der Waals surface area contributed by atoms with Gasteiger partial charge in [-0.25, -0.2) is 0 Å². The number of rotatable bonds is 6. The normalized spacial score (nSPS) is 12.2. The van der Waals surface area contributed by atoms with E-state index in [0.29, 0.717) is 22.3 Å². The van der Waals surface area contributed by atoms with Crippen LogP contribution in [0.4, 0.5) is 0 Å². The van der Waals surface area contributed by atoms with Crippen molar-refractivity contribution in [1.29, 1.82) is 0 Å². The molecule has 0 aliphatic rings. The number of aliphatic hydroxyl groups excluding tert-OH is 1. The van der Waals surface area contributed by atoms with Crippen LogP contribution in [-0.2, 0) is 0 Å². The van der Waals surface area contributed by atoms with Crippen LogP contribution in [0.3, 0.4) is 0 Å². The van der Waals surface area contributed by atoms with Gasteiger partial charge in [0.25, 0.3) is 0 Å². The summed E-state index contributed by atoms with van der Waals surface area (Å²) in [6.07, 6.45) is -0.666. The lowest BCUT2D eigenvalue weighted by Crippen LogP contribution is -2.31. The van der Waals surface area contributed by atoms with Gasteiger partial charge in [0.15, 0.2) is 0 Å². The molecule has 21 heavy (non-hydrogen) atoms. The molecule has 1 aromatic carbocycles. The fourth-order valence-corrected chi connectivity index (χ4v) is 2.28. The maximum absolute atomic E-state index is 9.97. The summed E-state index contributed by atoms with van der Waals surface area (Å²) in [5.74, 6) is 0.469. The van der Waals surface area contributed by atoms with Crippen LogP contribution in [0.1, 0.15) is 11.4 Å². The summed E-state index contributed by atoms with van der Waals surface area (Å²) in [5, 5.41) is 11.0. The van der Waals surface area contributed by atoms with Crippen LogP contribution in [0.25, 0.3) is 0 Å². The van der Waals surface area contributed by atoms with Crippen molar-refractivity contribution in [3.63, 3.8) is 0 Å². The molecular weight excluding hydrogens is 311 g/mol. The van der Waals surface area contributed by atoms with E-state index in [2.05, 4.69) is 5.43 Å². The molecule has 0 aliphatic carbocycles. The zero-order valence-corrected chi connectivity index (χ0v) is 13.4. The van der Waals surface area contributed by atoms with Gasteiger partial charge >= 0.3 is 0 Å². The first kappa shape index (κ1) is 16.0. The van der Waals surface area contributed by atoms with Crippen molar-refractivity contribution < 1.29 is 9.84 Å². The molecule has 1 atom stereocenters. The van der Waals surface area contributed by atoms with Crippen LogP contribution in [0.15, 0.2) is 30.3 Å². The van der Waals surface area contributed by atoms with E-state index in [-0.39, 0.29) is 6.61 Å². The first-order chi connectivity index (χ1) is 9.97. The summed E-state index contributed by atoms with van der Waals surface area (Å²) < 4.78 is 7.42. The van der Waals surface area contributed by atoms with Crippen LogP contribution < -0.4 is 10.2 Å². The van der Waals surface area contributed by atoms with E-state index in [1.165, 1.54) is 0 Å². The highest BCUT2D eigenvalue weighted by atomic mass is 35.5. The van der Waals surface area contributed by atoms with E-state index in [9.17, 15) is 5.11 Å². The van der Waals surface area contributed by atoms with Crippen LogP contribution in [-0.4, -0.2) is 29.0 Å². The lowest BCUT2D eigenvalue weighted by molar-refractivity contribution is 0.115. The Morgan fingerprint density at radius 1 is 1.19 bits per heavy atom. The molecule has 2 N–H and O–H groups in total. The molecule has 4 nitrogen and oxygen atoms in total. The Hall–Kier alpha value is -1.36. The van der Waals surface area contributed by atoms with Gasteiger partial charge in [0.05, 0.1) is 11.6 Å².